The van der Waals surface area contributed by atoms with Crippen LogP contribution in [0.4, 0.5) is 0 Å². The Labute approximate surface area is 90.0 Å². The van der Waals surface area contributed by atoms with Gasteiger partial charge in [0.25, 0.3) is 0 Å². The molecule has 0 radical (unpaired) electrons. The maximum absolute atomic E-state index is 11.9. The van der Waals surface area contributed by atoms with E-state index in [0.717, 1.165) is 12.8 Å². The zero-order valence-electron chi connectivity index (χ0n) is 9.32. The molecule has 1 unspecified atom stereocenters. The molecule has 0 aliphatic carbocycles. The van der Waals surface area contributed by atoms with Gasteiger partial charge in [-0.1, -0.05) is 13.8 Å². The maximum atomic E-state index is 11.9. The summed E-state index contributed by atoms with van der Waals surface area (Å²) < 4.78 is 0. The number of primary amides is 1. The molecule has 1 fully saturated rings. The number of rotatable bonds is 4. The monoisotopic (exact) mass is 213 g/mol. The fourth-order valence-corrected chi connectivity index (χ4v) is 1.84. The zero-order valence-corrected chi connectivity index (χ0v) is 9.32. The lowest BCUT2D eigenvalue weighted by atomic mass is 10.0. The Bertz CT molecular complexity index is 253. The molecule has 0 aromatic rings. The average Bonchev–Trinajstić information content (AvgIpc) is 2.10. The molecule has 1 aliphatic heterocycles. The summed E-state index contributed by atoms with van der Waals surface area (Å²) in [5.41, 5.74) is 5.08. The molecule has 1 heterocycles. The quantitative estimate of drug-likeness (QED) is 0.658. The van der Waals surface area contributed by atoms with E-state index in [9.17, 15) is 9.59 Å². The van der Waals surface area contributed by atoms with Crippen molar-refractivity contribution in [2.45, 2.75) is 38.8 Å². The highest BCUT2D eigenvalue weighted by Crippen LogP contribution is 2.11. The molecular weight excluding hydrogens is 194 g/mol. The number of carbonyl (C=O) groups is 2. The summed E-state index contributed by atoms with van der Waals surface area (Å²) in [6, 6.07) is 0.116. The first kappa shape index (κ1) is 12.0. The standard InChI is InChI=1S/C10H19N3O2/c1-7(2)12-8-4-3-5-13(10(8)15)6-9(11)14/h7-8,12H,3-6H2,1-2H3,(H2,11,14). The number of nitrogens with two attached hydrogens (primary N) is 1. The van der Waals surface area contributed by atoms with Gasteiger partial charge in [-0.3, -0.25) is 9.59 Å². The predicted molar refractivity (Wildman–Crippen MR) is 57.1 cm³/mol. The summed E-state index contributed by atoms with van der Waals surface area (Å²) in [7, 11) is 0. The van der Waals surface area contributed by atoms with E-state index in [2.05, 4.69) is 5.32 Å². The summed E-state index contributed by atoms with van der Waals surface area (Å²) >= 11 is 0. The first-order chi connectivity index (χ1) is 7.00. The Morgan fingerprint density at radius 3 is 2.87 bits per heavy atom. The van der Waals surface area contributed by atoms with Gasteiger partial charge < -0.3 is 16.0 Å². The number of carbonyl (C=O) groups excluding carboxylic acids is 2. The van der Waals surface area contributed by atoms with Gasteiger partial charge in [-0.05, 0) is 12.8 Å². The van der Waals surface area contributed by atoms with Crippen molar-refractivity contribution in [2.24, 2.45) is 5.73 Å². The van der Waals surface area contributed by atoms with Gasteiger partial charge in [-0.15, -0.1) is 0 Å². The summed E-state index contributed by atoms with van der Waals surface area (Å²) in [5.74, 6) is -0.456. The van der Waals surface area contributed by atoms with Gasteiger partial charge in [0, 0.05) is 12.6 Å². The number of nitrogens with zero attached hydrogens (tertiary/aromatic N) is 1. The van der Waals surface area contributed by atoms with Crippen LogP contribution in [0.1, 0.15) is 26.7 Å². The molecule has 2 amide bonds. The fraction of sp³-hybridized carbons (Fsp3) is 0.800. The Morgan fingerprint density at radius 2 is 2.33 bits per heavy atom. The Balaban J connectivity index is 2.54. The van der Waals surface area contributed by atoms with Gasteiger partial charge in [0.05, 0.1) is 12.6 Å². The topological polar surface area (TPSA) is 75.4 Å². The van der Waals surface area contributed by atoms with Gasteiger partial charge in [0.2, 0.25) is 11.8 Å². The molecule has 1 aliphatic rings. The Hall–Kier alpha value is -1.10. The van der Waals surface area contributed by atoms with Crippen molar-refractivity contribution in [1.29, 1.82) is 0 Å². The van der Waals surface area contributed by atoms with Gasteiger partial charge in [-0.25, -0.2) is 0 Å². The highest BCUT2D eigenvalue weighted by molar-refractivity contribution is 5.87. The number of hydrogen-bond donors (Lipinski definition) is 2. The second-order valence-corrected chi connectivity index (χ2v) is 4.24. The van der Waals surface area contributed by atoms with Crippen LogP contribution in [0.25, 0.3) is 0 Å². The van der Waals surface area contributed by atoms with Crippen molar-refractivity contribution in [3.63, 3.8) is 0 Å². The molecule has 1 saturated heterocycles. The predicted octanol–water partition coefficient (Wildman–Crippen LogP) is -0.539. The van der Waals surface area contributed by atoms with Gasteiger partial charge in [0.1, 0.15) is 0 Å². The Kier molecular flexibility index (Phi) is 4.08. The second-order valence-electron chi connectivity index (χ2n) is 4.24. The first-order valence-electron chi connectivity index (χ1n) is 5.34. The molecule has 15 heavy (non-hydrogen) atoms. The largest absolute Gasteiger partial charge is 0.368 e. The molecule has 0 saturated carbocycles. The maximum Gasteiger partial charge on any atom is 0.240 e. The van der Waals surface area contributed by atoms with Crippen LogP contribution in [0.2, 0.25) is 0 Å². The van der Waals surface area contributed by atoms with Gasteiger partial charge in [-0.2, -0.15) is 0 Å². The fourth-order valence-electron chi connectivity index (χ4n) is 1.84. The van der Waals surface area contributed by atoms with E-state index in [4.69, 9.17) is 5.73 Å². The molecule has 3 N–H and O–H groups in total. The number of likely N-dealkylation sites (tertiary alicyclic amines) is 1. The van der Waals surface area contributed by atoms with Crippen LogP contribution >= 0.6 is 0 Å². The summed E-state index contributed by atoms with van der Waals surface area (Å²) in [6.07, 6.45) is 1.76. The van der Waals surface area contributed by atoms with E-state index in [1.165, 1.54) is 4.90 Å². The number of amides is 2. The van der Waals surface area contributed by atoms with Crippen LogP contribution in [0, 0.1) is 0 Å². The number of hydrogen-bond acceptors (Lipinski definition) is 3. The van der Waals surface area contributed by atoms with Crippen LogP contribution in [0.3, 0.4) is 0 Å². The van der Waals surface area contributed by atoms with Crippen molar-refractivity contribution in [1.82, 2.24) is 10.2 Å². The van der Waals surface area contributed by atoms with Crippen molar-refractivity contribution in [3.8, 4) is 0 Å². The summed E-state index contributed by atoms with van der Waals surface area (Å²) in [6.45, 7) is 4.67. The molecule has 0 aromatic carbocycles. The zero-order chi connectivity index (χ0) is 11.4. The van der Waals surface area contributed by atoms with Gasteiger partial charge in [0.15, 0.2) is 0 Å². The van der Waals surface area contributed by atoms with Crippen LogP contribution in [0.15, 0.2) is 0 Å². The molecule has 1 rings (SSSR count). The average molecular weight is 213 g/mol. The third kappa shape index (κ3) is 3.51. The lowest BCUT2D eigenvalue weighted by Crippen LogP contribution is -2.54. The van der Waals surface area contributed by atoms with Crippen LogP contribution in [-0.2, 0) is 9.59 Å². The van der Waals surface area contributed by atoms with Crippen molar-refractivity contribution >= 4 is 11.8 Å². The van der Waals surface area contributed by atoms with Crippen molar-refractivity contribution in [2.75, 3.05) is 13.1 Å². The molecule has 5 nitrogen and oxygen atoms in total. The van der Waals surface area contributed by atoms with Gasteiger partial charge >= 0.3 is 0 Å². The Morgan fingerprint density at radius 1 is 1.67 bits per heavy atom. The molecule has 5 heteroatoms. The summed E-state index contributed by atoms with van der Waals surface area (Å²) in [5, 5.41) is 3.19. The second kappa shape index (κ2) is 5.11. The molecule has 1 atom stereocenters. The molecule has 0 aromatic heterocycles. The minimum Gasteiger partial charge on any atom is -0.368 e. The minimum atomic E-state index is -0.450. The third-order valence-electron chi connectivity index (χ3n) is 2.41. The lowest BCUT2D eigenvalue weighted by molar-refractivity contribution is -0.139. The van der Waals surface area contributed by atoms with Crippen LogP contribution < -0.4 is 11.1 Å². The van der Waals surface area contributed by atoms with E-state index in [1.807, 2.05) is 13.8 Å². The molecular formula is C10H19N3O2. The third-order valence-corrected chi connectivity index (χ3v) is 2.41. The van der Waals surface area contributed by atoms with Crippen LogP contribution in [0.5, 0.6) is 0 Å². The molecule has 0 spiro atoms. The number of piperidine rings is 1. The highest BCUT2D eigenvalue weighted by Gasteiger charge is 2.29. The molecule has 0 bridgehead atoms. The minimum absolute atomic E-state index is 0.00579. The first-order valence-corrected chi connectivity index (χ1v) is 5.34. The van der Waals surface area contributed by atoms with Crippen LogP contribution in [-0.4, -0.2) is 41.9 Å². The SMILES string of the molecule is CC(C)NC1CCCN(CC(N)=O)C1=O. The van der Waals surface area contributed by atoms with E-state index in [0.29, 0.717) is 6.54 Å². The van der Waals surface area contributed by atoms with E-state index in [-0.39, 0.29) is 24.5 Å². The van der Waals surface area contributed by atoms with E-state index < -0.39 is 5.91 Å². The van der Waals surface area contributed by atoms with Crippen molar-refractivity contribution < 1.29 is 9.59 Å². The van der Waals surface area contributed by atoms with E-state index in [1.54, 1.807) is 0 Å². The number of nitrogens with one attached hydrogen (secondary N) is 1. The molecule has 86 valence electrons. The summed E-state index contributed by atoms with van der Waals surface area (Å²) in [4.78, 5) is 24.1. The highest BCUT2D eigenvalue weighted by atomic mass is 16.2. The van der Waals surface area contributed by atoms with Crippen molar-refractivity contribution in [3.05, 3.63) is 0 Å². The van der Waals surface area contributed by atoms with E-state index >= 15 is 0 Å². The lowest BCUT2D eigenvalue weighted by Gasteiger charge is -2.32. The smallest absolute Gasteiger partial charge is 0.240 e. The normalized spacial score (nSPS) is 22.2.